The average Bonchev–Trinajstić information content (AvgIpc) is 3.28. The van der Waals surface area contributed by atoms with Crippen LogP contribution in [0.3, 0.4) is 0 Å². The lowest BCUT2D eigenvalue weighted by molar-refractivity contribution is -0.384. The molecule has 0 saturated heterocycles. The predicted octanol–water partition coefficient (Wildman–Crippen LogP) is 5.81. The summed E-state index contributed by atoms with van der Waals surface area (Å²) in [6.45, 7) is 0. The van der Waals surface area contributed by atoms with E-state index < -0.39 is 4.92 Å². The first kappa shape index (κ1) is 21.7. The summed E-state index contributed by atoms with van der Waals surface area (Å²) in [6, 6.07) is 21.0. The lowest BCUT2D eigenvalue weighted by Gasteiger charge is -2.06. The van der Waals surface area contributed by atoms with Crippen LogP contribution in [0.25, 0.3) is 22.6 Å². The Bertz CT molecular complexity index is 1240. The molecule has 0 aliphatic heterocycles. The lowest BCUT2D eigenvalue weighted by atomic mass is 10.1. The molecule has 32 heavy (non-hydrogen) atoms. The summed E-state index contributed by atoms with van der Waals surface area (Å²) >= 11 is 4.53. The molecule has 8 nitrogen and oxygen atoms in total. The van der Waals surface area contributed by atoms with Gasteiger partial charge in [-0.15, -0.1) is 10.2 Å². The van der Waals surface area contributed by atoms with Gasteiger partial charge in [0.25, 0.3) is 10.9 Å². The molecular weight excluding hydrogens is 496 g/mol. The Labute approximate surface area is 195 Å². The minimum absolute atomic E-state index is 0.0420. The van der Waals surface area contributed by atoms with E-state index in [2.05, 4.69) is 31.4 Å². The highest BCUT2D eigenvalue weighted by atomic mass is 79.9. The van der Waals surface area contributed by atoms with Gasteiger partial charge >= 0.3 is 0 Å². The number of rotatable bonds is 7. The minimum atomic E-state index is -0.434. The van der Waals surface area contributed by atoms with Gasteiger partial charge < -0.3 is 9.73 Å². The van der Waals surface area contributed by atoms with E-state index in [0.717, 1.165) is 32.9 Å². The molecule has 3 aromatic carbocycles. The summed E-state index contributed by atoms with van der Waals surface area (Å²) in [4.78, 5) is 22.6. The molecule has 1 amide bonds. The second-order valence-corrected chi connectivity index (χ2v) is 8.44. The second-order valence-electron chi connectivity index (χ2n) is 6.60. The fraction of sp³-hybridized carbons (Fsp3) is 0.0455. The van der Waals surface area contributed by atoms with Crippen molar-refractivity contribution in [3.05, 3.63) is 87.4 Å². The quantitative estimate of drug-likeness (QED) is 0.190. The summed E-state index contributed by atoms with van der Waals surface area (Å²) in [5, 5.41) is 21.9. The fourth-order valence-electron chi connectivity index (χ4n) is 2.82. The third-order valence-corrected chi connectivity index (χ3v) is 5.75. The lowest BCUT2D eigenvalue weighted by Crippen LogP contribution is -2.13. The van der Waals surface area contributed by atoms with Gasteiger partial charge in [0, 0.05) is 27.9 Å². The van der Waals surface area contributed by atoms with Crippen LogP contribution in [-0.4, -0.2) is 26.8 Å². The van der Waals surface area contributed by atoms with Crippen molar-refractivity contribution in [3.8, 4) is 22.6 Å². The topological polar surface area (TPSA) is 111 Å². The maximum absolute atomic E-state index is 12.3. The Hall–Kier alpha value is -3.50. The van der Waals surface area contributed by atoms with Crippen LogP contribution in [-0.2, 0) is 4.79 Å². The summed E-state index contributed by atoms with van der Waals surface area (Å²) in [5.41, 5.74) is 3.22. The van der Waals surface area contributed by atoms with Crippen LogP contribution in [0.5, 0.6) is 0 Å². The monoisotopic (exact) mass is 510 g/mol. The van der Waals surface area contributed by atoms with Crippen LogP contribution in [0.2, 0.25) is 0 Å². The van der Waals surface area contributed by atoms with E-state index in [1.807, 2.05) is 36.4 Å². The smallest absolute Gasteiger partial charge is 0.277 e. The maximum atomic E-state index is 12.3. The van der Waals surface area contributed by atoms with Gasteiger partial charge in [0.1, 0.15) is 0 Å². The molecule has 1 heterocycles. The zero-order valence-electron chi connectivity index (χ0n) is 16.4. The number of thioether (sulfide) groups is 1. The highest BCUT2D eigenvalue weighted by Crippen LogP contribution is 2.26. The Kier molecular flexibility index (Phi) is 6.62. The molecule has 0 saturated carbocycles. The first-order valence-electron chi connectivity index (χ1n) is 9.35. The van der Waals surface area contributed by atoms with Crippen molar-refractivity contribution in [3.63, 3.8) is 0 Å². The molecule has 4 rings (SSSR count). The number of halogens is 1. The Morgan fingerprint density at radius 2 is 1.53 bits per heavy atom. The molecule has 0 spiro atoms. The molecule has 0 bridgehead atoms. The number of nitro groups is 1. The number of carbonyl (C=O) groups excluding carboxylic acids is 1. The number of aromatic nitrogens is 2. The van der Waals surface area contributed by atoms with Crippen molar-refractivity contribution in [2.24, 2.45) is 0 Å². The number of nitro benzene ring substituents is 1. The molecule has 0 aliphatic carbocycles. The van der Waals surface area contributed by atoms with Gasteiger partial charge in [0.2, 0.25) is 11.8 Å². The molecule has 1 aromatic heterocycles. The van der Waals surface area contributed by atoms with Gasteiger partial charge in [0.15, 0.2) is 0 Å². The van der Waals surface area contributed by atoms with Crippen molar-refractivity contribution in [1.29, 1.82) is 0 Å². The summed E-state index contributed by atoms with van der Waals surface area (Å²) in [6.07, 6.45) is 0. The van der Waals surface area contributed by atoms with Crippen LogP contribution in [0, 0.1) is 10.1 Å². The normalized spacial score (nSPS) is 10.7. The van der Waals surface area contributed by atoms with Crippen molar-refractivity contribution in [1.82, 2.24) is 10.2 Å². The third-order valence-electron chi connectivity index (χ3n) is 4.40. The first-order chi connectivity index (χ1) is 15.5. The van der Waals surface area contributed by atoms with Crippen LogP contribution >= 0.6 is 27.7 Å². The van der Waals surface area contributed by atoms with Crippen LogP contribution < -0.4 is 5.32 Å². The Morgan fingerprint density at radius 1 is 0.938 bits per heavy atom. The number of anilines is 1. The molecule has 0 aliphatic rings. The molecule has 0 radical (unpaired) electrons. The number of amides is 1. The molecule has 0 atom stereocenters. The van der Waals surface area contributed by atoms with E-state index >= 15 is 0 Å². The zero-order chi connectivity index (χ0) is 22.5. The SMILES string of the molecule is O=C(CSc1nnc(-c2ccc(Br)cc2)o1)Nc1ccc(-c2ccc([N+](=O)[O-])cc2)cc1. The van der Waals surface area contributed by atoms with Crippen LogP contribution in [0.1, 0.15) is 0 Å². The third kappa shape index (κ3) is 5.40. The molecule has 1 N–H and O–H groups in total. The highest BCUT2D eigenvalue weighted by molar-refractivity contribution is 9.10. The second kappa shape index (κ2) is 9.75. The number of nitrogens with one attached hydrogen (secondary N) is 1. The number of nitrogens with zero attached hydrogens (tertiary/aromatic N) is 3. The van der Waals surface area contributed by atoms with E-state index in [0.29, 0.717) is 16.8 Å². The van der Waals surface area contributed by atoms with Gasteiger partial charge in [-0.1, -0.05) is 39.8 Å². The van der Waals surface area contributed by atoms with Gasteiger partial charge in [-0.25, -0.2) is 0 Å². The van der Waals surface area contributed by atoms with Crippen molar-refractivity contribution < 1.29 is 14.1 Å². The largest absolute Gasteiger partial charge is 0.411 e. The minimum Gasteiger partial charge on any atom is -0.411 e. The van der Waals surface area contributed by atoms with Gasteiger partial charge in [-0.2, -0.15) is 0 Å². The average molecular weight is 511 g/mol. The van der Waals surface area contributed by atoms with E-state index in [4.69, 9.17) is 4.42 Å². The molecule has 0 unspecified atom stereocenters. The number of hydrogen-bond acceptors (Lipinski definition) is 7. The number of carbonyl (C=O) groups is 1. The number of benzene rings is 3. The van der Waals surface area contributed by atoms with Crippen molar-refractivity contribution in [2.75, 3.05) is 11.1 Å². The standard InChI is InChI=1S/C22H15BrN4O4S/c23-17-7-1-16(2-8-17)21-25-26-22(31-21)32-13-20(28)24-18-9-3-14(4-10-18)15-5-11-19(12-6-15)27(29)30/h1-12H,13H2,(H,24,28). The van der Waals surface area contributed by atoms with Crippen LogP contribution in [0.15, 0.2) is 86.9 Å². The summed E-state index contributed by atoms with van der Waals surface area (Å²) < 4.78 is 6.55. The summed E-state index contributed by atoms with van der Waals surface area (Å²) in [7, 11) is 0. The summed E-state index contributed by atoms with van der Waals surface area (Å²) in [5.74, 6) is 0.301. The number of non-ortho nitro benzene ring substituents is 1. The van der Waals surface area contributed by atoms with Crippen LogP contribution in [0.4, 0.5) is 11.4 Å². The van der Waals surface area contributed by atoms with Gasteiger partial charge in [-0.05, 0) is 59.7 Å². The maximum Gasteiger partial charge on any atom is 0.277 e. The van der Waals surface area contributed by atoms with E-state index in [1.54, 1.807) is 24.3 Å². The first-order valence-corrected chi connectivity index (χ1v) is 11.1. The Balaban J connectivity index is 1.31. The number of hydrogen-bond donors (Lipinski definition) is 1. The molecule has 4 aromatic rings. The van der Waals surface area contributed by atoms with E-state index in [1.165, 1.54) is 12.1 Å². The predicted molar refractivity (Wildman–Crippen MR) is 125 cm³/mol. The zero-order valence-corrected chi connectivity index (χ0v) is 18.8. The molecule has 10 heteroatoms. The highest BCUT2D eigenvalue weighted by Gasteiger charge is 2.12. The van der Waals surface area contributed by atoms with Crippen molar-refractivity contribution in [2.45, 2.75) is 5.22 Å². The molecule has 160 valence electrons. The van der Waals surface area contributed by atoms with Gasteiger partial charge in [-0.3, -0.25) is 14.9 Å². The molecule has 0 fully saturated rings. The van der Waals surface area contributed by atoms with Crippen molar-refractivity contribution >= 4 is 45.0 Å². The van der Waals surface area contributed by atoms with Gasteiger partial charge in [0.05, 0.1) is 10.7 Å². The Morgan fingerprint density at radius 3 is 2.16 bits per heavy atom. The fourth-order valence-corrected chi connectivity index (χ4v) is 3.65. The van der Waals surface area contributed by atoms with E-state index in [-0.39, 0.29) is 17.3 Å². The van der Waals surface area contributed by atoms with E-state index in [9.17, 15) is 14.9 Å². The molecular formula is C22H15BrN4O4S.